The minimum atomic E-state index is -1.97. The van der Waals surface area contributed by atoms with Gasteiger partial charge in [-0.1, -0.05) is 40.7 Å². The molecular weight excluding hydrogens is 284 g/mol. The fourth-order valence-electron chi connectivity index (χ4n) is 1.72. The molecule has 1 rings (SSSR count). The van der Waals surface area contributed by atoms with Crippen molar-refractivity contribution in [1.29, 1.82) is 0 Å². The molecule has 1 aliphatic heterocycles. The quantitative estimate of drug-likeness (QED) is 0.337. The van der Waals surface area contributed by atoms with Gasteiger partial charge in [-0.25, -0.2) is 4.79 Å². The maximum atomic E-state index is 11.9. The molecule has 0 aromatic carbocycles. The highest BCUT2D eigenvalue weighted by Crippen LogP contribution is 2.39. The van der Waals surface area contributed by atoms with Crippen LogP contribution in [0.15, 0.2) is 11.6 Å². The normalized spacial score (nSPS) is 22.5. The first-order chi connectivity index (χ1) is 9.39. The number of esters is 1. The Morgan fingerprint density at radius 2 is 1.86 bits per heavy atom. The third-order valence-corrected chi connectivity index (χ3v) is 8.84. The van der Waals surface area contributed by atoms with Crippen molar-refractivity contribution in [3.05, 3.63) is 11.6 Å². The SMILES string of the molecule is CC(C)(C=O)C/C=C1/C(=O)OCC1O[Si](C)(C)C(C)(C)C. The molecule has 0 aliphatic carbocycles. The zero-order valence-electron chi connectivity index (χ0n) is 14.3. The van der Waals surface area contributed by atoms with Crippen molar-refractivity contribution in [2.24, 2.45) is 5.41 Å². The third kappa shape index (κ3) is 4.51. The van der Waals surface area contributed by atoms with Crippen LogP contribution in [0.5, 0.6) is 0 Å². The van der Waals surface area contributed by atoms with E-state index in [0.29, 0.717) is 12.0 Å². The molecule has 1 atom stereocenters. The molecule has 0 aromatic rings. The fourth-order valence-corrected chi connectivity index (χ4v) is 2.98. The van der Waals surface area contributed by atoms with Crippen molar-refractivity contribution in [2.75, 3.05) is 6.61 Å². The highest BCUT2D eigenvalue weighted by molar-refractivity contribution is 6.74. The summed E-state index contributed by atoms with van der Waals surface area (Å²) in [6.07, 6.45) is 2.93. The van der Waals surface area contributed by atoms with Gasteiger partial charge in [-0.2, -0.15) is 0 Å². The van der Waals surface area contributed by atoms with Gasteiger partial charge >= 0.3 is 5.97 Å². The van der Waals surface area contributed by atoms with Gasteiger partial charge in [0, 0.05) is 5.41 Å². The maximum Gasteiger partial charge on any atom is 0.336 e. The third-order valence-electron chi connectivity index (χ3n) is 4.36. The van der Waals surface area contributed by atoms with Crippen LogP contribution in [0.3, 0.4) is 0 Å². The van der Waals surface area contributed by atoms with E-state index < -0.39 is 13.7 Å². The molecule has 1 heterocycles. The smallest absolute Gasteiger partial charge is 0.336 e. The van der Waals surface area contributed by atoms with E-state index in [1.54, 1.807) is 0 Å². The topological polar surface area (TPSA) is 52.6 Å². The zero-order chi connectivity index (χ0) is 16.5. The predicted molar refractivity (Wildman–Crippen MR) is 85.6 cm³/mol. The van der Waals surface area contributed by atoms with Crippen molar-refractivity contribution < 1.29 is 18.8 Å². The Morgan fingerprint density at radius 1 is 1.29 bits per heavy atom. The number of rotatable bonds is 5. The summed E-state index contributed by atoms with van der Waals surface area (Å²) in [7, 11) is -1.97. The lowest BCUT2D eigenvalue weighted by Crippen LogP contribution is -2.44. The molecule has 0 aromatic heterocycles. The Balaban J connectivity index is 2.90. The molecule has 4 nitrogen and oxygen atoms in total. The Kier molecular flexibility index (Phi) is 5.21. The Labute approximate surface area is 129 Å². The van der Waals surface area contributed by atoms with Gasteiger partial charge in [0.15, 0.2) is 8.32 Å². The lowest BCUT2D eigenvalue weighted by atomic mass is 9.90. The van der Waals surface area contributed by atoms with E-state index in [4.69, 9.17) is 9.16 Å². The van der Waals surface area contributed by atoms with Crippen molar-refractivity contribution in [1.82, 2.24) is 0 Å². The van der Waals surface area contributed by atoms with Crippen LogP contribution in [0.1, 0.15) is 41.0 Å². The van der Waals surface area contributed by atoms with Crippen molar-refractivity contribution in [2.45, 2.75) is 65.3 Å². The van der Waals surface area contributed by atoms with Gasteiger partial charge in [0.2, 0.25) is 0 Å². The molecule has 1 aliphatic rings. The molecule has 0 N–H and O–H groups in total. The number of carbonyl (C=O) groups excluding carboxylic acids is 2. The average Bonchev–Trinajstić information content (AvgIpc) is 2.66. The van der Waals surface area contributed by atoms with Gasteiger partial charge < -0.3 is 14.0 Å². The molecule has 0 bridgehead atoms. The number of cyclic esters (lactones) is 1. The second-order valence-corrected chi connectivity index (χ2v) is 12.7. The number of carbonyl (C=O) groups is 2. The molecule has 120 valence electrons. The molecule has 0 amide bonds. The minimum Gasteiger partial charge on any atom is -0.459 e. The number of allylic oxidation sites excluding steroid dienone is 1. The summed E-state index contributed by atoms with van der Waals surface area (Å²) in [5.74, 6) is -0.319. The molecule has 1 fully saturated rings. The molecule has 5 heteroatoms. The number of hydrogen-bond donors (Lipinski definition) is 0. The van der Waals surface area contributed by atoms with Crippen LogP contribution < -0.4 is 0 Å². The number of hydrogen-bond acceptors (Lipinski definition) is 4. The number of aldehydes is 1. The first kappa shape index (κ1) is 18.1. The number of ether oxygens (including phenoxy) is 1. The Morgan fingerprint density at radius 3 is 2.33 bits per heavy atom. The molecule has 1 saturated heterocycles. The van der Waals surface area contributed by atoms with Gasteiger partial charge in [-0.15, -0.1) is 0 Å². The summed E-state index contributed by atoms with van der Waals surface area (Å²) in [6, 6.07) is 0. The van der Waals surface area contributed by atoms with Gasteiger partial charge in [-0.05, 0) is 24.6 Å². The zero-order valence-corrected chi connectivity index (χ0v) is 15.3. The fraction of sp³-hybridized carbons (Fsp3) is 0.750. The highest BCUT2D eigenvalue weighted by atomic mass is 28.4. The van der Waals surface area contributed by atoms with Gasteiger partial charge in [-0.3, -0.25) is 0 Å². The summed E-state index contributed by atoms with van der Waals surface area (Å²) >= 11 is 0. The van der Waals surface area contributed by atoms with E-state index in [1.165, 1.54) is 0 Å². The Bertz CT molecular complexity index is 444. The van der Waals surface area contributed by atoms with E-state index in [1.807, 2.05) is 19.9 Å². The van der Waals surface area contributed by atoms with Crippen LogP contribution in [-0.4, -0.2) is 33.3 Å². The predicted octanol–water partition coefficient (Wildman–Crippen LogP) is 3.48. The van der Waals surface area contributed by atoms with Crippen LogP contribution in [-0.2, 0) is 18.8 Å². The van der Waals surface area contributed by atoms with Crippen LogP contribution in [0.2, 0.25) is 18.1 Å². The van der Waals surface area contributed by atoms with E-state index in [2.05, 4.69) is 33.9 Å². The maximum absolute atomic E-state index is 11.9. The van der Waals surface area contributed by atoms with E-state index >= 15 is 0 Å². The Hall–Kier alpha value is -0.943. The van der Waals surface area contributed by atoms with Crippen LogP contribution >= 0.6 is 0 Å². The summed E-state index contributed by atoms with van der Waals surface area (Å²) < 4.78 is 11.4. The minimum absolute atomic E-state index is 0.0752. The van der Waals surface area contributed by atoms with Crippen molar-refractivity contribution >= 4 is 20.6 Å². The summed E-state index contributed by atoms with van der Waals surface area (Å²) in [4.78, 5) is 22.9. The second-order valence-electron chi connectivity index (χ2n) is 7.94. The largest absolute Gasteiger partial charge is 0.459 e. The lowest BCUT2D eigenvalue weighted by Gasteiger charge is -2.38. The van der Waals surface area contributed by atoms with Crippen LogP contribution in [0.4, 0.5) is 0 Å². The first-order valence-electron chi connectivity index (χ1n) is 7.41. The lowest BCUT2D eigenvalue weighted by molar-refractivity contribution is -0.135. The van der Waals surface area contributed by atoms with E-state index in [9.17, 15) is 9.59 Å². The van der Waals surface area contributed by atoms with Crippen molar-refractivity contribution in [3.8, 4) is 0 Å². The first-order valence-corrected chi connectivity index (χ1v) is 10.3. The van der Waals surface area contributed by atoms with Crippen LogP contribution in [0, 0.1) is 5.41 Å². The highest BCUT2D eigenvalue weighted by Gasteiger charge is 2.43. The molecule has 0 spiro atoms. The van der Waals surface area contributed by atoms with Gasteiger partial charge in [0.25, 0.3) is 0 Å². The monoisotopic (exact) mass is 312 g/mol. The van der Waals surface area contributed by atoms with Crippen LogP contribution in [0.25, 0.3) is 0 Å². The average molecular weight is 312 g/mol. The summed E-state index contributed by atoms with van der Waals surface area (Å²) in [6.45, 7) is 14.8. The standard InChI is InChI=1S/C16H28O4Si/c1-15(2,3)21(6,7)20-13-10-19-14(18)12(13)8-9-16(4,5)11-17/h8,11,13H,9-10H2,1-7H3/b12-8+. The summed E-state index contributed by atoms with van der Waals surface area (Å²) in [5.41, 5.74) is 0.0898. The van der Waals surface area contributed by atoms with E-state index in [-0.39, 0.29) is 23.7 Å². The van der Waals surface area contributed by atoms with Crippen molar-refractivity contribution in [3.63, 3.8) is 0 Å². The molecule has 0 saturated carbocycles. The molecule has 0 radical (unpaired) electrons. The molecule has 1 unspecified atom stereocenters. The van der Waals surface area contributed by atoms with Gasteiger partial charge in [0.05, 0.1) is 5.57 Å². The second kappa shape index (κ2) is 6.05. The van der Waals surface area contributed by atoms with E-state index in [0.717, 1.165) is 6.29 Å². The molecular formula is C16H28O4Si. The molecule has 21 heavy (non-hydrogen) atoms. The van der Waals surface area contributed by atoms with Gasteiger partial charge in [0.1, 0.15) is 19.0 Å². The summed E-state index contributed by atoms with van der Waals surface area (Å²) in [5, 5.41) is 0.0752.